The fourth-order valence-electron chi connectivity index (χ4n) is 4.60. The van der Waals surface area contributed by atoms with Gasteiger partial charge in [-0.1, -0.05) is 24.3 Å². The summed E-state index contributed by atoms with van der Waals surface area (Å²) in [5, 5.41) is 6.72. The summed E-state index contributed by atoms with van der Waals surface area (Å²) in [6, 6.07) is 13.4. The molecule has 4 rings (SSSR count). The number of thiophene rings is 1. The fraction of sp³-hybridized carbons (Fsp3) is 0.379. The Kier molecular flexibility index (Phi) is 9.86. The van der Waals surface area contributed by atoms with Crippen molar-refractivity contribution < 1.29 is 19.1 Å². The van der Waals surface area contributed by atoms with Crippen LogP contribution in [0.3, 0.4) is 0 Å². The first kappa shape index (κ1) is 27.3. The molecule has 0 saturated carbocycles. The number of fused-ring (bicyclic) bond motifs is 1. The molecule has 2 amide bonds. The lowest BCUT2D eigenvalue weighted by Crippen LogP contribution is -2.28. The van der Waals surface area contributed by atoms with Crippen molar-refractivity contribution in [1.29, 1.82) is 0 Å². The molecule has 8 nitrogen and oxygen atoms in total. The molecule has 1 aliphatic rings. The highest BCUT2D eigenvalue weighted by molar-refractivity contribution is 7.16. The lowest BCUT2D eigenvalue weighted by atomic mass is 9.87. The number of rotatable bonds is 12. The molecular formula is C29H34N4O4S. The Morgan fingerprint density at radius 2 is 2.05 bits per heavy atom. The van der Waals surface area contributed by atoms with Gasteiger partial charge in [0, 0.05) is 23.1 Å². The zero-order valence-corrected chi connectivity index (χ0v) is 22.5. The summed E-state index contributed by atoms with van der Waals surface area (Å²) in [7, 11) is 0. The lowest BCUT2D eigenvalue weighted by molar-refractivity contribution is -0.116. The van der Waals surface area contributed by atoms with E-state index in [1.54, 1.807) is 17.5 Å². The van der Waals surface area contributed by atoms with E-state index in [0.717, 1.165) is 46.8 Å². The summed E-state index contributed by atoms with van der Waals surface area (Å²) in [6.45, 7) is 7.35. The van der Waals surface area contributed by atoms with Crippen LogP contribution in [0, 0.1) is 5.92 Å². The number of benzene rings is 1. The predicted octanol–water partition coefficient (Wildman–Crippen LogP) is 5.35. The number of hydrogen-bond donors (Lipinski definition) is 2. The van der Waals surface area contributed by atoms with Crippen LogP contribution in [0.1, 0.15) is 47.0 Å². The van der Waals surface area contributed by atoms with E-state index in [0.29, 0.717) is 39.1 Å². The number of nitrogens with one attached hydrogen (secondary N) is 2. The number of carbonyl (C=O) groups excluding carboxylic acids is 2. The van der Waals surface area contributed by atoms with Crippen molar-refractivity contribution in [3.8, 4) is 5.75 Å². The third kappa shape index (κ3) is 7.41. The number of para-hydroxylation sites is 1. The number of alkyl carbamates (subject to hydrolysis) is 1. The first-order chi connectivity index (χ1) is 18.6. The van der Waals surface area contributed by atoms with Crippen LogP contribution in [0.5, 0.6) is 5.75 Å². The molecule has 0 bridgehead atoms. The number of nitrogens with zero attached hydrogens (tertiary/aromatic N) is 2. The Morgan fingerprint density at radius 3 is 2.84 bits per heavy atom. The minimum absolute atomic E-state index is 0.0373. The molecule has 0 spiro atoms. The SMILES string of the molecule is C=NCc1c(NC(=O)CCc2ccccc2OCC)sc2c1CCC(COC(=O)NCc1ccccn1)C2. The molecule has 1 aromatic carbocycles. The molecule has 0 fully saturated rings. The van der Waals surface area contributed by atoms with Gasteiger partial charge in [-0.15, -0.1) is 11.3 Å². The zero-order valence-electron chi connectivity index (χ0n) is 21.7. The minimum Gasteiger partial charge on any atom is -0.494 e. The molecule has 9 heteroatoms. The van der Waals surface area contributed by atoms with Crippen molar-refractivity contribution in [2.45, 2.75) is 52.1 Å². The second-order valence-corrected chi connectivity index (χ2v) is 10.3. The van der Waals surface area contributed by atoms with Crippen LogP contribution < -0.4 is 15.4 Å². The summed E-state index contributed by atoms with van der Waals surface area (Å²) in [5.41, 5.74) is 4.10. The monoisotopic (exact) mass is 534 g/mol. The van der Waals surface area contributed by atoms with Crippen molar-refractivity contribution in [3.63, 3.8) is 0 Å². The van der Waals surface area contributed by atoms with Gasteiger partial charge in [-0.3, -0.25) is 14.8 Å². The van der Waals surface area contributed by atoms with Crippen molar-refractivity contribution in [1.82, 2.24) is 10.3 Å². The topological polar surface area (TPSA) is 102 Å². The van der Waals surface area contributed by atoms with E-state index in [1.807, 2.05) is 49.4 Å². The molecular weight excluding hydrogens is 500 g/mol. The molecule has 2 aromatic heterocycles. The highest BCUT2D eigenvalue weighted by atomic mass is 32.1. The first-order valence-electron chi connectivity index (χ1n) is 12.9. The molecule has 2 N–H and O–H groups in total. The van der Waals surface area contributed by atoms with E-state index in [4.69, 9.17) is 9.47 Å². The first-order valence-corrected chi connectivity index (χ1v) is 13.8. The van der Waals surface area contributed by atoms with Crippen molar-refractivity contribution in [2.75, 3.05) is 18.5 Å². The Hall–Kier alpha value is -3.72. The third-order valence-corrected chi connectivity index (χ3v) is 7.70. The van der Waals surface area contributed by atoms with Crippen LogP contribution in [-0.4, -0.2) is 36.9 Å². The van der Waals surface area contributed by atoms with Gasteiger partial charge in [-0.25, -0.2) is 4.79 Å². The average Bonchev–Trinajstić information content (AvgIpc) is 3.27. The standard InChI is InChI=1S/C29H34N4O4S/c1-3-36-25-10-5-4-8-21(25)12-14-27(34)33-28-24(18-30-2)23-13-11-20(16-26(23)38-28)19-37-29(35)32-17-22-9-6-7-15-31-22/h4-10,15,20H,2-3,11-14,16-19H2,1H3,(H,32,35)(H,33,34). The van der Waals surface area contributed by atoms with Crippen LogP contribution in [-0.2, 0) is 41.9 Å². The number of pyridine rings is 1. The number of aromatic nitrogens is 1. The van der Waals surface area contributed by atoms with E-state index >= 15 is 0 Å². The summed E-state index contributed by atoms with van der Waals surface area (Å²) >= 11 is 1.60. The van der Waals surface area contributed by atoms with Gasteiger partial charge in [0.15, 0.2) is 0 Å². The summed E-state index contributed by atoms with van der Waals surface area (Å²) in [6.07, 6.45) is 4.78. The Balaban J connectivity index is 1.31. The maximum atomic E-state index is 12.9. The number of hydrogen-bond acceptors (Lipinski definition) is 7. The molecule has 0 saturated heterocycles. The van der Waals surface area contributed by atoms with Crippen LogP contribution >= 0.6 is 11.3 Å². The smallest absolute Gasteiger partial charge is 0.407 e. The maximum absolute atomic E-state index is 12.9. The Morgan fingerprint density at radius 1 is 1.21 bits per heavy atom. The van der Waals surface area contributed by atoms with Gasteiger partial charge in [0.25, 0.3) is 0 Å². The fourth-order valence-corrected chi connectivity index (χ4v) is 5.99. The zero-order chi connectivity index (χ0) is 26.7. The van der Waals surface area contributed by atoms with Gasteiger partial charge in [0.1, 0.15) is 10.8 Å². The average molecular weight is 535 g/mol. The van der Waals surface area contributed by atoms with E-state index in [-0.39, 0.29) is 11.8 Å². The van der Waals surface area contributed by atoms with Crippen LogP contribution in [0.25, 0.3) is 0 Å². The molecule has 200 valence electrons. The maximum Gasteiger partial charge on any atom is 0.407 e. The lowest BCUT2D eigenvalue weighted by Gasteiger charge is -2.22. The molecule has 1 atom stereocenters. The number of aryl methyl sites for hydroxylation is 1. The van der Waals surface area contributed by atoms with E-state index in [2.05, 4.69) is 27.3 Å². The summed E-state index contributed by atoms with van der Waals surface area (Å²) in [5.74, 6) is 1.01. The molecule has 38 heavy (non-hydrogen) atoms. The Labute approximate surface area is 227 Å². The van der Waals surface area contributed by atoms with Crippen LogP contribution in [0.15, 0.2) is 53.7 Å². The normalized spacial score (nSPS) is 14.3. The molecule has 0 radical (unpaired) electrons. The number of anilines is 1. The largest absolute Gasteiger partial charge is 0.494 e. The Bertz CT molecular complexity index is 1240. The van der Waals surface area contributed by atoms with Crippen LogP contribution in [0.2, 0.25) is 0 Å². The van der Waals surface area contributed by atoms with Gasteiger partial charge in [0.05, 0.1) is 32.0 Å². The van der Waals surface area contributed by atoms with E-state index in [1.165, 1.54) is 10.4 Å². The highest BCUT2D eigenvalue weighted by Crippen LogP contribution is 2.40. The van der Waals surface area contributed by atoms with Gasteiger partial charge in [-0.05, 0) is 74.6 Å². The highest BCUT2D eigenvalue weighted by Gasteiger charge is 2.27. The van der Waals surface area contributed by atoms with Gasteiger partial charge < -0.3 is 20.1 Å². The van der Waals surface area contributed by atoms with Crippen LogP contribution in [0.4, 0.5) is 9.80 Å². The quantitative estimate of drug-likeness (QED) is 0.305. The number of ether oxygens (including phenoxy) is 2. The predicted molar refractivity (Wildman–Crippen MR) is 150 cm³/mol. The van der Waals surface area contributed by atoms with Gasteiger partial charge in [0.2, 0.25) is 5.91 Å². The van der Waals surface area contributed by atoms with Crippen molar-refractivity contribution in [3.05, 3.63) is 75.9 Å². The van der Waals surface area contributed by atoms with E-state index < -0.39 is 6.09 Å². The molecule has 1 unspecified atom stereocenters. The third-order valence-electron chi connectivity index (χ3n) is 6.48. The van der Waals surface area contributed by atoms with Gasteiger partial charge in [-0.2, -0.15) is 0 Å². The second-order valence-electron chi connectivity index (χ2n) is 9.16. The molecule has 1 aliphatic carbocycles. The molecule has 2 heterocycles. The summed E-state index contributed by atoms with van der Waals surface area (Å²) in [4.78, 5) is 34.5. The van der Waals surface area contributed by atoms with Crippen molar-refractivity contribution in [2.24, 2.45) is 10.9 Å². The molecule has 3 aromatic rings. The summed E-state index contributed by atoms with van der Waals surface area (Å²) < 4.78 is 11.2. The number of aliphatic imine (C=N–C) groups is 1. The second kappa shape index (κ2) is 13.7. The van der Waals surface area contributed by atoms with Gasteiger partial charge >= 0.3 is 6.09 Å². The van der Waals surface area contributed by atoms with E-state index in [9.17, 15) is 9.59 Å². The molecule has 0 aliphatic heterocycles. The van der Waals surface area contributed by atoms with Crippen molar-refractivity contribution >= 4 is 35.1 Å². The number of amides is 2. The minimum atomic E-state index is -0.442. The number of carbonyl (C=O) groups is 2.